The van der Waals surface area contributed by atoms with Crippen LogP contribution >= 0.6 is 11.8 Å². The highest BCUT2D eigenvalue weighted by atomic mass is 32.2. The summed E-state index contributed by atoms with van der Waals surface area (Å²) < 4.78 is 10.4. The van der Waals surface area contributed by atoms with Crippen molar-refractivity contribution in [3.8, 4) is 11.5 Å². The Morgan fingerprint density at radius 1 is 0.895 bits per heavy atom. The predicted molar refractivity (Wildman–Crippen MR) is 157 cm³/mol. The van der Waals surface area contributed by atoms with E-state index in [1.165, 1.54) is 0 Å². The number of ether oxygens (including phenoxy) is 2. The van der Waals surface area contributed by atoms with E-state index in [9.17, 15) is 9.90 Å². The number of nitrogens with one attached hydrogen (secondary N) is 1. The van der Waals surface area contributed by atoms with E-state index < -0.39 is 4.75 Å². The van der Waals surface area contributed by atoms with Crippen LogP contribution in [0.1, 0.15) is 61.8 Å². The van der Waals surface area contributed by atoms with Gasteiger partial charge in [-0.25, -0.2) is 0 Å². The number of rotatable bonds is 15. The molecule has 0 radical (unpaired) electrons. The number of aliphatic hydroxyl groups excluding tert-OH is 1. The van der Waals surface area contributed by atoms with Crippen molar-refractivity contribution in [3.63, 3.8) is 0 Å². The molecule has 2 N–H and O–H groups in total. The number of aryl methyl sites for hydroxylation is 1. The molecule has 3 aromatic rings. The molecule has 204 valence electrons. The lowest BCUT2D eigenvalue weighted by Crippen LogP contribution is -2.27. The number of aliphatic hydroxyl groups is 1. The Labute approximate surface area is 232 Å². The summed E-state index contributed by atoms with van der Waals surface area (Å²) in [4.78, 5) is 12.2. The Balaban J connectivity index is 1.99. The predicted octanol–water partition coefficient (Wildman–Crippen LogP) is 6.35. The molecule has 0 heterocycles. The molecule has 0 aromatic heterocycles. The van der Waals surface area contributed by atoms with E-state index in [1.807, 2.05) is 43.0 Å². The van der Waals surface area contributed by atoms with Crippen molar-refractivity contribution in [1.82, 2.24) is 5.32 Å². The van der Waals surface area contributed by atoms with Gasteiger partial charge in [0.05, 0.1) is 25.1 Å². The normalized spacial score (nSPS) is 12.1. The zero-order chi connectivity index (χ0) is 27.4. The molecule has 0 bridgehead atoms. The number of hydrogen-bond acceptors (Lipinski definition) is 5. The number of thioether (sulfide) groups is 1. The third-order valence-corrected chi connectivity index (χ3v) is 8.28. The summed E-state index contributed by atoms with van der Waals surface area (Å²) in [6.07, 6.45) is 3.56. The first-order chi connectivity index (χ1) is 18.4. The molecular formula is C32H41NO4S. The highest BCUT2D eigenvalue weighted by Gasteiger charge is 2.37. The van der Waals surface area contributed by atoms with Crippen LogP contribution in [-0.2, 0) is 16.0 Å². The van der Waals surface area contributed by atoms with Gasteiger partial charge in [0, 0.05) is 13.0 Å². The van der Waals surface area contributed by atoms with Crippen molar-refractivity contribution in [3.05, 3.63) is 95.1 Å². The van der Waals surface area contributed by atoms with Crippen LogP contribution in [0.15, 0.2) is 72.8 Å². The summed E-state index contributed by atoms with van der Waals surface area (Å²) in [5.41, 5.74) is 4.52. The van der Waals surface area contributed by atoms with Crippen molar-refractivity contribution in [2.75, 3.05) is 26.5 Å². The fourth-order valence-corrected chi connectivity index (χ4v) is 6.11. The van der Waals surface area contributed by atoms with E-state index in [-0.39, 0.29) is 12.0 Å². The molecule has 3 aromatic carbocycles. The average Bonchev–Trinajstić information content (AvgIpc) is 2.95. The van der Waals surface area contributed by atoms with E-state index in [4.69, 9.17) is 9.47 Å². The maximum absolute atomic E-state index is 12.2. The van der Waals surface area contributed by atoms with Crippen LogP contribution in [0, 0.1) is 0 Å². The molecule has 0 saturated carbocycles. The summed E-state index contributed by atoms with van der Waals surface area (Å²) in [6.45, 7) is 4.69. The van der Waals surface area contributed by atoms with Crippen LogP contribution in [0.4, 0.5) is 0 Å². The lowest BCUT2D eigenvalue weighted by atomic mass is 9.83. The van der Waals surface area contributed by atoms with Gasteiger partial charge >= 0.3 is 0 Å². The lowest BCUT2D eigenvalue weighted by Gasteiger charge is -2.36. The molecule has 3 rings (SSSR count). The van der Waals surface area contributed by atoms with Gasteiger partial charge in [0.2, 0.25) is 5.91 Å². The summed E-state index contributed by atoms with van der Waals surface area (Å²) in [5.74, 6) is 2.48. The third kappa shape index (κ3) is 7.78. The number of benzene rings is 3. The van der Waals surface area contributed by atoms with Crippen LogP contribution in [0.3, 0.4) is 0 Å². The number of amides is 1. The van der Waals surface area contributed by atoms with Gasteiger partial charge in [-0.15, -0.1) is 11.8 Å². The van der Waals surface area contributed by atoms with Gasteiger partial charge < -0.3 is 19.9 Å². The van der Waals surface area contributed by atoms with Crippen LogP contribution in [-0.4, -0.2) is 43.6 Å². The summed E-state index contributed by atoms with van der Waals surface area (Å²) in [7, 11) is 3.35. The number of methoxy groups -OCH3 is 2. The third-order valence-electron chi connectivity index (χ3n) is 6.70. The molecule has 0 saturated heterocycles. The molecule has 6 heteroatoms. The second-order valence-electron chi connectivity index (χ2n) is 9.52. The average molecular weight is 536 g/mol. The highest BCUT2D eigenvalue weighted by Crippen LogP contribution is 2.49. The monoisotopic (exact) mass is 535 g/mol. The highest BCUT2D eigenvalue weighted by molar-refractivity contribution is 8.00. The number of carbonyl (C=O) groups is 1. The first-order valence-corrected chi connectivity index (χ1v) is 14.4. The van der Waals surface area contributed by atoms with Crippen molar-refractivity contribution < 1.29 is 19.4 Å². The van der Waals surface area contributed by atoms with Gasteiger partial charge in [-0.05, 0) is 78.5 Å². The van der Waals surface area contributed by atoms with Crippen LogP contribution in [0.25, 0.3) is 0 Å². The second-order valence-corrected chi connectivity index (χ2v) is 10.8. The van der Waals surface area contributed by atoms with Crippen molar-refractivity contribution in [1.29, 1.82) is 0 Å². The van der Waals surface area contributed by atoms with Crippen molar-refractivity contribution >= 4 is 17.7 Å². The molecule has 0 fully saturated rings. The van der Waals surface area contributed by atoms with Crippen LogP contribution < -0.4 is 14.8 Å². The fraction of sp³-hybridized carbons (Fsp3) is 0.406. The number of hydrogen-bond donors (Lipinski definition) is 2. The van der Waals surface area contributed by atoms with Crippen LogP contribution in [0.5, 0.6) is 11.5 Å². The topological polar surface area (TPSA) is 67.8 Å². The zero-order valence-corrected chi connectivity index (χ0v) is 23.9. The summed E-state index contributed by atoms with van der Waals surface area (Å²) in [6, 6.07) is 25.1. The van der Waals surface area contributed by atoms with Gasteiger partial charge in [0.25, 0.3) is 0 Å². The Hall–Kier alpha value is -2.96. The van der Waals surface area contributed by atoms with E-state index in [0.29, 0.717) is 19.3 Å². The maximum Gasteiger partial charge on any atom is 0.220 e. The van der Waals surface area contributed by atoms with Crippen molar-refractivity contribution in [2.45, 2.75) is 56.8 Å². The Morgan fingerprint density at radius 2 is 1.39 bits per heavy atom. The molecule has 0 spiro atoms. The molecule has 5 nitrogen and oxygen atoms in total. The molecule has 0 aliphatic rings. The molecule has 0 aliphatic heterocycles. The van der Waals surface area contributed by atoms with Gasteiger partial charge in [-0.2, -0.15) is 0 Å². The first kappa shape index (κ1) is 29.6. The minimum atomic E-state index is -0.510. The quantitative estimate of drug-likeness (QED) is 0.175. The van der Waals surface area contributed by atoms with Gasteiger partial charge in [-0.3, -0.25) is 4.79 Å². The van der Waals surface area contributed by atoms with Crippen molar-refractivity contribution in [2.24, 2.45) is 0 Å². The van der Waals surface area contributed by atoms with Gasteiger partial charge in [0.1, 0.15) is 11.5 Å². The van der Waals surface area contributed by atoms with Gasteiger partial charge in [0.15, 0.2) is 0 Å². The minimum absolute atomic E-state index is 0.0991. The molecule has 1 unspecified atom stereocenters. The van der Waals surface area contributed by atoms with Crippen LogP contribution in [0.2, 0.25) is 0 Å². The first-order valence-electron chi connectivity index (χ1n) is 13.4. The standard InChI is InChI=1S/C32H41NO4S/c1-5-6-22-33-31(35)20-9-25-7-10-26(11-8-25)32(38-23-21-24(2)34,27-12-16-29(36-3)17-13-27)28-14-18-30(37-4)19-15-28/h7-8,10-19,24,34H,5-6,9,20-23H2,1-4H3,(H,33,35). The Morgan fingerprint density at radius 3 is 1.84 bits per heavy atom. The maximum atomic E-state index is 12.2. The molecule has 38 heavy (non-hydrogen) atoms. The largest absolute Gasteiger partial charge is 0.497 e. The molecule has 1 atom stereocenters. The smallest absolute Gasteiger partial charge is 0.220 e. The SMILES string of the molecule is CCCCNC(=O)CCc1ccc(C(SCCC(C)O)(c2ccc(OC)cc2)c2ccc(OC)cc2)cc1. The summed E-state index contributed by atoms with van der Waals surface area (Å²) in [5, 5.41) is 13.0. The van der Waals surface area contributed by atoms with E-state index in [1.54, 1.807) is 14.2 Å². The number of unbranched alkanes of at least 4 members (excludes halogenated alkanes) is 1. The molecular weight excluding hydrogens is 494 g/mol. The van der Waals surface area contributed by atoms with Gasteiger partial charge in [-0.1, -0.05) is 61.9 Å². The lowest BCUT2D eigenvalue weighted by molar-refractivity contribution is -0.121. The van der Waals surface area contributed by atoms with E-state index >= 15 is 0 Å². The molecule has 0 aliphatic carbocycles. The molecule has 1 amide bonds. The zero-order valence-electron chi connectivity index (χ0n) is 23.0. The Bertz CT molecular complexity index is 1060. The van der Waals surface area contributed by atoms with E-state index in [2.05, 4.69) is 60.8 Å². The minimum Gasteiger partial charge on any atom is -0.497 e. The number of carbonyl (C=O) groups excluding carboxylic acids is 1. The van der Waals surface area contributed by atoms with E-state index in [0.717, 1.165) is 58.9 Å². The fourth-order valence-electron chi connectivity index (χ4n) is 4.44. The second kappa shape index (κ2) is 14.8. The Kier molecular flexibility index (Phi) is 11.6. The summed E-state index contributed by atoms with van der Waals surface area (Å²) >= 11 is 1.81.